The Morgan fingerprint density at radius 2 is 2.42 bits per heavy atom. The van der Waals surface area contributed by atoms with Crippen LogP contribution < -0.4 is 5.32 Å². The first-order valence-corrected chi connectivity index (χ1v) is 6.57. The molecule has 0 radical (unpaired) electrons. The lowest BCUT2D eigenvalue weighted by atomic mass is 10.2. The Kier molecular flexibility index (Phi) is 3.26. The van der Waals surface area contributed by atoms with Gasteiger partial charge in [-0.3, -0.25) is 0 Å². The van der Waals surface area contributed by atoms with Crippen molar-refractivity contribution in [1.82, 2.24) is 15.3 Å². The lowest BCUT2D eigenvalue weighted by molar-refractivity contribution is -0.137. The summed E-state index contributed by atoms with van der Waals surface area (Å²) in [6, 6.07) is 4.03. The quantitative estimate of drug-likeness (QED) is 0.881. The number of ether oxygens (including phenoxy) is 2. The van der Waals surface area contributed by atoms with E-state index >= 15 is 0 Å². The van der Waals surface area contributed by atoms with Gasteiger partial charge in [-0.05, 0) is 31.5 Å². The summed E-state index contributed by atoms with van der Waals surface area (Å²) in [5.74, 6) is -0.447. The van der Waals surface area contributed by atoms with Crippen molar-refractivity contribution in [2.75, 3.05) is 13.2 Å². The number of aromatic amines is 1. The fourth-order valence-electron chi connectivity index (χ4n) is 2.39. The number of aromatic nitrogens is 2. The van der Waals surface area contributed by atoms with Crippen LogP contribution in [0.4, 0.5) is 0 Å². The third kappa shape index (κ3) is 2.78. The minimum absolute atomic E-state index is 0.123. The van der Waals surface area contributed by atoms with Crippen molar-refractivity contribution < 1.29 is 9.47 Å². The van der Waals surface area contributed by atoms with Crippen LogP contribution in [-0.4, -0.2) is 35.0 Å². The molecule has 3 rings (SSSR count). The largest absolute Gasteiger partial charge is 0.348 e. The van der Waals surface area contributed by atoms with Crippen LogP contribution in [0.3, 0.4) is 0 Å². The first kappa shape index (κ1) is 12.6. The second kappa shape index (κ2) is 4.92. The van der Waals surface area contributed by atoms with Gasteiger partial charge in [-0.1, -0.05) is 0 Å². The molecule has 1 aliphatic rings. The van der Waals surface area contributed by atoms with E-state index in [2.05, 4.69) is 21.4 Å². The Hall–Kier alpha value is -1.43. The van der Waals surface area contributed by atoms with Crippen molar-refractivity contribution in [2.24, 2.45) is 0 Å². The molecule has 3 heterocycles. The van der Waals surface area contributed by atoms with Crippen LogP contribution >= 0.6 is 0 Å². The molecule has 0 saturated carbocycles. The Morgan fingerprint density at radius 3 is 3.21 bits per heavy atom. The van der Waals surface area contributed by atoms with Crippen LogP contribution in [-0.2, 0) is 16.0 Å². The molecule has 1 fully saturated rings. The molecule has 2 N–H and O–H groups in total. The third-order valence-electron chi connectivity index (χ3n) is 3.29. The molecule has 2 aromatic rings. The molecule has 5 nitrogen and oxygen atoms in total. The molecule has 0 spiro atoms. The molecule has 5 heteroatoms. The van der Waals surface area contributed by atoms with Crippen molar-refractivity contribution in [3.05, 3.63) is 30.1 Å². The first-order chi connectivity index (χ1) is 9.14. The molecule has 0 aromatic carbocycles. The molecule has 102 valence electrons. The van der Waals surface area contributed by atoms with Gasteiger partial charge in [-0.2, -0.15) is 0 Å². The van der Waals surface area contributed by atoms with Crippen molar-refractivity contribution >= 4 is 11.0 Å². The van der Waals surface area contributed by atoms with E-state index < -0.39 is 5.79 Å². The summed E-state index contributed by atoms with van der Waals surface area (Å²) in [5.41, 5.74) is 2.15. The molecule has 0 aliphatic carbocycles. The highest BCUT2D eigenvalue weighted by molar-refractivity contribution is 5.79. The van der Waals surface area contributed by atoms with E-state index in [4.69, 9.17) is 9.47 Å². The SMILES string of the molecule is CC1(C)OCC(CNCc2c[nH]c3ncccc23)O1. The van der Waals surface area contributed by atoms with Gasteiger partial charge in [0.15, 0.2) is 5.79 Å². The van der Waals surface area contributed by atoms with E-state index in [1.54, 1.807) is 6.20 Å². The molecule has 2 aromatic heterocycles. The highest BCUT2D eigenvalue weighted by atomic mass is 16.7. The van der Waals surface area contributed by atoms with Crippen LogP contribution in [0.25, 0.3) is 11.0 Å². The van der Waals surface area contributed by atoms with Gasteiger partial charge in [0, 0.05) is 30.9 Å². The van der Waals surface area contributed by atoms with Crippen molar-refractivity contribution in [2.45, 2.75) is 32.3 Å². The summed E-state index contributed by atoms with van der Waals surface area (Å²) in [6.07, 6.45) is 3.92. The molecule has 1 saturated heterocycles. The van der Waals surface area contributed by atoms with E-state index in [0.717, 1.165) is 18.7 Å². The summed E-state index contributed by atoms with van der Waals surface area (Å²) >= 11 is 0. The Morgan fingerprint density at radius 1 is 1.53 bits per heavy atom. The molecule has 1 atom stereocenters. The van der Waals surface area contributed by atoms with Crippen molar-refractivity contribution in [3.63, 3.8) is 0 Å². The lowest BCUT2D eigenvalue weighted by Crippen LogP contribution is -2.30. The predicted octanol–water partition coefficient (Wildman–Crippen LogP) is 1.80. The fourth-order valence-corrected chi connectivity index (χ4v) is 2.39. The van der Waals surface area contributed by atoms with Gasteiger partial charge in [0.2, 0.25) is 0 Å². The maximum absolute atomic E-state index is 5.75. The van der Waals surface area contributed by atoms with Crippen LogP contribution in [0, 0.1) is 0 Å². The molecule has 0 bridgehead atoms. The van der Waals surface area contributed by atoms with Crippen molar-refractivity contribution in [3.8, 4) is 0 Å². The molecule has 1 aliphatic heterocycles. The average molecular weight is 261 g/mol. The van der Waals surface area contributed by atoms with Crippen LogP contribution in [0.2, 0.25) is 0 Å². The molecule has 0 amide bonds. The number of nitrogens with zero attached hydrogens (tertiary/aromatic N) is 1. The van der Waals surface area contributed by atoms with E-state index in [-0.39, 0.29) is 6.10 Å². The van der Waals surface area contributed by atoms with Crippen molar-refractivity contribution in [1.29, 1.82) is 0 Å². The molecular weight excluding hydrogens is 242 g/mol. The first-order valence-electron chi connectivity index (χ1n) is 6.57. The minimum Gasteiger partial charge on any atom is -0.348 e. The topological polar surface area (TPSA) is 59.2 Å². The normalized spacial score (nSPS) is 22.1. The monoisotopic (exact) mass is 261 g/mol. The van der Waals surface area contributed by atoms with Gasteiger partial charge in [0.05, 0.1) is 12.7 Å². The third-order valence-corrected chi connectivity index (χ3v) is 3.29. The van der Waals surface area contributed by atoms with Crippen LogP contribution in [0.5, 0.6) is 0 Å². The van der Waals surface area contributed by atoms with Gasteiger partial charge in [0.1, 0.15) is 5.65 Å². The number of nitrogens with one attached hydrogen (secondary N) is 2. The lowest BCUT2D eigenvalue weighted by Gasteiger charge is -2.17. The minimum atomic E-state index is -0.447. The Balaban J connectivity index is 1.55. The number of fused-ring (bicyclic) bond motifs is 1. The van der Waals surface area contributed by atoms with E-state index in [0.29, 0.717) is 6.61 Å². The smallest absolute Gasteiger partial charge is 0.163 e. The molecule has 19 heavy (non-hydrogen) atoms. The zero-order chi connectivity index (χ0) is 13.3. The Labute approximate surface area is 112 Å². The van der Waals surface area contributed by atoms with Gasteiger partial charge in [0.25, 0.3) is 0 Å². The highest BCUT2D eigenvalue weighted by Gasteiger charge is 2.32. The van der Waals surface area contributed by atoms with Gasteiger partial charge in [-0.25, -0.2) is 4.98 Å². The second-order valence-corrected chi connectivity index (χ2v) is 5.30. The van der Waals surface area contributed by atoms with Gasteiger partial charge in [-0.15, -0.1) is 0 Å². The molecule has 1 unspecified atom stereocenters. The van der Waals surface area contributed by atoms with Crippen LogP contribution in [0.15, 0.2) is 24.5 Å². The zero-order valence-electron chi connectivity index (χ0n) is 11.3. The maximum atomic E-state index is 5.75. The van der Waals surface area contributed by atoms with Gasteiger partial charge >= 0.3 is 0 Å². The second-order valence-electron chi connectivity index (χ2n) is 5.30. The summed E-state index contributed by atoms with van der Waals surface area (Å²) in [7, 11) is 0. The Bertz CT molecular complexity index is 565. The van der Waals surface area contributed by atoms with Gasteiger partial charge < -0.3 is 19.8 Å². The maximum Gasteiger partial charge on any atom is 0.163 e. The number of hydrogen-bond acceptors (Lipinski definition) is 4. The van der Waals surface area contributed by atoms with Crippen LogP contribution in [0.1, 0.15) is 19.4 Å². The van der Waals surface area contributed by atoms with E-state index in [9.17, 15) is 0 Å². The zero-order valence-corrected chi connectivity index (χ0v) is 11.3. The number of pyridine rings is 1. The highest BCUT2D eigenvalue weighted by Crippen LogP contribution is 2.22. The number of hydrogen-bond donors (Lipinski definition) is 2. The average Bonchev–Trinajstić information content (AvgIpc) is 2.94. The summed E-state index contributed by atoms with van der Waals surface area (Å²) < 4.78 is 11.3. The summed E-state index contributed by atoms with van der Waals surface area (Å²) in [5, 5.41) is 4.57. The summed E-state index contributed by atoms with van der Waals surface area (Å²) in [4.78, 5) is 7.45. The number of H-pyrrole nitrogens is 1. The van der Waals surface area contributed by atoms with E-state index in [1.807, 2.05) is 26.1 Å². The molecular formula is C14H19N3O2. The fraction of sp³-hybridized carbons (Fsp3) is 0.500. The summed E-state index contributed by atoms with van der Waals surface area (Å²) in [6.45, 7) is 6.12. The standard InChI is InChI=1S/C14H19N3O2/c1-14(2)18-9-11(19-14)8-15-6-10-7-17-13-12(10)4-3-5-16-13/h3-5,7,11,15H,6,8-9H2,1-2H3,(H,16,17). The number of rotatable bonds is 4. The predicted molar refractivity (Wildman–Crippen MR) is 72.7 cm³/mol. The van der Waals surface area contributed by atoms with E-state index in [1.165, 1.54) is 10.9 Å².